The maximum Gasteiger partial charge on any atom is 0.343 e. The number of hydrogen-bond acceptors (Lipinski definition) is 6. The van der Waals surface area contributed by atoms with Crippen LogP contribution in [-0.2, 0) is 0 Å². The largest absolute Gasteiger partial charge is 0.497 e. The third kappa shape index (κ3) is 4.39. The number of fused-ring (bicyclic) bond motifs is 1. The zero-order chi connectivity index (χ0) is 22.5. The molecule has 0 N–H and O–H groups in total. The lowest BCUT2D eigenvalue weighted by Gasteiger charge is -2.12. The molecule has 0 spiro atoms. The Morgan fingerprint density at radius 3 is 1.38 bits per heavy atom. The topological polar surface area (TPSA) is 71.1 Å². The predicted octanol–water partition coefficient (Wildman–Crippen LogP) is 5.30. The number of rotatable bonds is 6. The summed E-state index contributed by atoms with van der Waals surface area (Å²) in [5.74, 6) is 0.794. The molecule has 0 atom stereocenters. The molecule has 0 fully saturated rings. The van der Waals surface area contributed by atoms with Crippen LogP contribution in [0.3, 0.4) is 0 Å². The Bertz CT molecular complexity index is 1190. The van der Waals surface area contributed by atoms with Gasteiger partial charge in [-0.15, -0.1) is 0 Å². The van der Waals surface area contributed by atoms with E-state index >= 15 is 0 Å². The van der Waals surface area contributed by atoms with Crippen molar-refractivity contribution in [2.45, 2.75) is 0 Å². The minimum Gasteiger partial charge on any atom is -0.497 e. The van der Waals surface area contributed by atoms with Gasteiger partial charge in [0.2, 0.25) is 0 Å². The molecule has 0 aromatic heterocycles. The standard InChI is InChI=1S/C26H20O6/c1-29-19-9-3-7-17(15-19)25(27)31-23-13-5-12-22-21(23)11-6-14-24(22)32-26(28)18-8-4-10-20(16-18)30-2/h3-16H,1-2H3. The molecule has 0 unspecified atom stereocenters. The van der Waals surface area contributed by atoms with Crippen LogP contribution >= 0.6 is 0 Å². The van der Waals surface area contributed by atoms with E-state index < -0.39 is 11.9 Å². The van der Waals surface area contributed by atoms with E-state index in [0.717, 1.165) is 0 Å². The number of hydrogen-bond donors (Lipinski definition) is 0. The lowest BCUT2D eigenvalue weighted by atomic mass is 10.1. The Kier molecular flexibility index (Phi) is 6.03. The molecule has 0 aliphatic rings. The van der Waals surface area contributed by atoms with E-state index in [4.69, 9.17) is 18.9 Å². The van der Waals surface area contributed by atoms with E-state index in [1.807, 2.05) is 0 Å². The van der Waals surface area contributed by atoms with E-state index in [9.17, 15) is 9.59 Å². The summed E-state index contributed by atoms with van der Waals surface area (Å²) < 4.78 is 21.6. The summed E-state index contributed by atoms with van der Waals surface area (Å²) in [6.45, 7) is 0. The first-order chi connectivity index (χ1) is 15.6. The molecule has 0 heterocycles. The number of esters is 2. The van der Waals surface area contributed by atoms with Gasteiger partial charge < -0.3 is 18.9 Å². The van der Waals surface area contributed by atoms with Gasteiger partial charge in [0.1, 0.15) is 23.0 Å². The van der Waals surface area contributed by atoms with Gasteiger partial charge in [0, 0.05) is 10.8 Å². The third-order valence-corrected chi connectivity index (χ3v) is 4.86. The van der Waals surface area contributed by atoms with Gasteiger partial charge in [-0.3, -0.25) is 0 Å². The Morgan fingerprint density at radius 2 is 0.969 bits per heavy atom. The van der Waals surface area contributed by atoms with Crippen molar-refractivity contribution in [1.29, 1.82) is 0 Å². The summed E-state index contributed by atoms with van der Waals surface area (Å²) in [7, 11) is 3.06. The minimum atomic E-state index is -0.518. The highest BCUT2D eigenvalue weighted by atomic mass is 16.5. The van der Waals surface area contributed by atoms with Gasteiger partial charge in [-0.1, -0.05) is 36.4 Å². The molecule has 0 saturated heterocycles. The number of ether oxygens (including phenoxy) is 4. The minimum absolute atomic E-state index is 0.356. The second-order valence-corrected chi connectivity index (χ2v) is 6.85. The highest BCUT2D eigenvalue weighted by molar-refractivity contribution is 5.99. The second-order valence-electron chi connectivity index (χ2n) is 6.85. The lowest BCUT2D eigenvalue weighted by Crippen LogP contribution is -2.10. The summed E-state index contributed by atoms with van der Waals surface area (Å²) in [4.78, 5) is 25.3. The van der Waals surface area contributed by atoms with Gasteiger partial charge in [0.25, 0.3) is 0 Å². The first-order valence-electron chi connectivity index (χ1n) is 9.83. The Labute approximate surface area is 184 Å². The van der Waals surface area contributed by atoms with Crippen molar-refractivity contribution in [1.82, 2.24) is 0 Å². The van der Waals surface area contributed by atoms with Crippen molar-refractivity contribution in [2.75, 3.05) is 14.2 Å². The van der Waals surface area contributed by atoms with E-state index in [0.29, 0.717) is 44.9 Å². The van der Waals surface area contributed by atoms with Crippen LogP contribution in [0.2, 0.25) is 0 Å². The number of benzene rings is 4. The van der Waals surface area contributed by atoms with Crippen LogP contribution in [0.1, 0.15) is 20.7 Å². The van der Waals surface area contributed by atoms with Crippen LogP contribution in [0, 0.1) is 0 Å². The van der Waals surface area contributed by atoms with Crippen LogP contribution < -0.4 is 18.9 Å². The molecule has 0 amide bonds. The van der Waals surface area contributed by atoms with Crippen LogP contribution in [0.15, 0.2) is 84.9 Å². The molecule has 4 aromatic rings. The Morgan fingerprint density at radius 1 is 0.562 bits per heavy atom. The molecule has 6 heteroatoms. The summed E-state index contributed by atoms with van der Waals surface area (Å²) >= 11 is 0. The van der Waals surface area contributed by atoms with Crippen LogP contribution in [0.4, 0.5) is 0 Å². The third-order valence-electron chi connectivity index (χ3n) is 4.86. The van der Waals surface area contributed by atoms with E-state index in [1.54, 1.807) is 84.9 Å². The summed E-state index contributed by atoms with van der Waals surface area (Å²) in [5.41, 5.74) is 0.726. The lowest BCUT2D eigenvalue weighted by molar-refractivity contribution is 0.0725. The van der Waals surface area contributed by atoms with Crippen LogP contribution in [-0.4, -0.2) is 26.2 Å². The van der Waals surface area contributed by atoms with Crippen molar-refractivity contribution in [3.8, 4) is 23.0 Å². The fourth-order valence-electron chi connectivity index (χ4n) is 3.25. The first kappa shape index (κ1) is 20.9. The molecule has 4 rings (SSSR count). The molecule has 0 saturated carbocycles. The van der Waals surface area contributed by atoms with Crippen LogP contribution in [0.25, 0.3) is 10.8 Å². The zero-order valence-corrected chi connectivity index (χ0v) is 17.5. The second kappa shape index (κ2) is 9.22. The summed E-state index contributed by atoms with van der Waals surface area (Å²) in [6.07, 6.45) is 0. The fourth-order valence-corrected chi connectivity index (χ4v) is 3.25. The van der Waals surface area contributed by atoms with Gasteiger partial charge in [-0.25, -0.2) is 9.59 Å². The molecule has 32 heavy (non-hydrogen) atoms. The summed E-state index contributed by atoms with van der Waals surface area (Å²) in [5, 5.41) is 1.28. The molecule has 6 nitrogen and oxygen atoms in total. The van der Waals surface area contributed by atoms with E-state index in [-0.39, 0.29) is 0 Å². The average Bonchev–Trinajstić information content (AvgIpc) is 2.84. The molecule has 4 aromatic carbocycles. The highest BCUT2D eigenvalue weighted by Crippen LogP contribution is 2.33. The average molecular weight is 428 g/mol. The SMILES string of the molecule is COc1cccc(C(=O)Oc2cccc3c(OC(=O)c4cccc(OC)c4)cccc23)c1. The van der Waals surface area contributed by atoms with Crippen molar-refractivity contribution in [2.24, 2.45) is 0 Å². The van der Waals surface area contributed by atoms with Gasteiger partial charge in [0.15, 0.2) is 0 Å². The highest BCUT2D eigenvalue weighted by Gasteiger charge is 2.15. The predicted molar refractivity (Wildman–Crippen MR) is 120 cm³/mol. The fraction of sp³-hybridized carbons (Fsp3) is 0.0769. The van der Waals surface area contributed by atoms with E-state index in [1.165, 1.54) is 14.2 Å². The smallest absolute Gasteiger partial charge is 0.343 e. The van der Waals surface area contributed by atoms with Gasteiger partial charge in [0.05, 0.1) is 25.3 Å². The monoisotopic (exact) mass is 428 g/mol. The van der Waals surface area contributed by atoms with Crippen molar-refractivity contribution < 1.29 is 28.5 Å². The molecule has 0 aliphatic heterocycles. The van der Waals surface area contributed by atoms with Gasteiger partial charge in [-0.2, -0.15) is 0 Å². The molecule has 160 valence electrons. The molecular formula is C26H20O6. The number of methoxy groups -OCH3 is 2. The van der Waals surface area contributed by atoms with Gasteiger partial charge in [-0.05, 0) is 48.5 Å². The number of carbonyl (C=O) groups excluding carboxylic acids is 2. The van der Waals surface area contributed by atoms with Crippen molar-refractivity contribution in [3.63, 3.8) is 0 Å². The Balaban J connectivity index is 1.62. The molecular weight excluding hydrogens is 408 g/mol. The molecule has 0 aliphatic carbocycles. The number of carbonyl (C=O) groups is 2. The Hall–Kier alpha value is -4.32. The first-order valence-corrected chi connectivity index (χ1v) is 9.83. The maximum atomic E-state index is 12.7. The zero-order valence-electron chi connectivity index (χ0n) is 17.5. The summed E-state index contributed by atoms with van der Waals surface area (Å²) in [6, 6.07) is 23.9. The van der Waals surface area contributed by atoms with Crippen LogP contribution in [0.5, 0.6) is 23.0 Å². The molecule has 0 radical (unpaired) electrons. The van der Waals surface area contributed by atoms with Gasteiger partial charge >= 0.3 is 11.9 Å². The maximum absolute atomic E-state index is 12.7. The van der Waals surface area contributed by atoms with Crippen molar-refractivity contribution >= 4 is 22.7 Å². The van der Waals surface area contributed by atoms with E-state index in [2.05, 4.69) is 0 Å². The molecule has 0 bridgehead atoms. The van der Waals surface area contributed by atoms with Crippen molar-refractivity contribution in [3.05, 3.63) is 96.1 Å². The normalized spacial score (nSPS) is 10.4. The quantitative estimate of drug-likeness (QED) is 0.307.